The Bertz CT molecular complexity index is 1570. The van der Waals surface area contributed by atoms with Crippen LogP contribution in [0.1, 0.15) is 76.3 Å². The molecule has 266 valence electrons. The Labute approximate surface area is 291 Å². The maximum Gasteiger partial charge on any atom is 0.407 e. The van der Waals surface area contributed by atoms with Crippen molar-refractivity contribution in [3.8, 4) is 5.75 Å². The first-order chi connectivity index (χ1) is 22.8. The van der Waals surface area contributed by atoms with Crippen molar-refractivity contribution in [2.24, 2.45) is 5.92 Å². The van der Waals surface area contributed by atoms with Crippen LogP contribution < -0.4 is 10.6 Å². The molecule has 0 fully saturated rings. The van der Waals surface area contributed by atoms with E-state index >= 15 is 0 Å². The van der Waals surface area contributed by atoms with Crippen LogP contribution in [0.2, 0.25) is 18.1 Å². The number of halogens is 1. The first-order valence-corrected chi connectivity index (χ1v) is 20.0. The van der Waals surface area contributed by atoms with Gasteiger partial charge in [-0.05, 0) is 98.6 Å². The molecule has 1 aliphatic rings. The number of rotatable bonds is 12. The summed E-state index contributed by atoms with van der Waals surface area (Å²) in [6.07, 6.45) is -1.11. The number of ether oxygens (including phenoxy) is 1. The van der Waals surface area contributed by atoms with Gasteiger partial charge in [0.25, 0.3) is 0 Å². The Morgan fingerprint density at radius 2 is 1.55 bits per heavy atom. The Morgan fingerprint density at radius 1 is 0.918 bits per heavy atom. The average molecular weight is 693 g/mol. The summed E-state index contributed by atoms with van der Waals surface area (Å²) in [5, 5.41) is 26.9. The number of hydrogen-bond donors (Lipinski definition) is 4. The van der Waals surface area contributed by atoms with Gasteiger partial charge in [-0.25, -0.2) is 9.18 Å². The van der Waals surface area contributed by atoms with Crippen LogP contribution in [0.15, 0.2) is 72.8 Å². The van der Waals surface area contributed by atoms with E-state index in [0.717, 1.165) is 11.1 Å². The number of hydrogen-bond acceptors (Lipinski definition) is 6. The average Bonchev–Trinajstić information content (AvgIpc) is 3.31. The van der Waals surface area contributed by atoms with E-state index in [1.54, 1.807) is 36.4 Å². The van der Waals surface area contributed by atoms with Gasteiger partial charge in [0.1, 0.15) is 17.2 Å². The Hall–Kier alpha value is -3.73. The van der Waals surface area contributed by atoms with E-state index in [9.17, 15) is 24.2 Å². The van der Waals surface area contributed by atoms with Crippen LogP contribution in [0.4, 0.5) is 9.18 Å². The number of amides is 2. The number of phenolic OH excluding ortho intramolecular Hbond substituents is 1. The summed E-state index contributed by atoms with van der Waals surface area (Å²) in [7, 11) is -2.49. The van der Waals surface area contributed by atoms with Crippen LogP contribution in [-0.4, -0.2) is 54.4 Å². The normalized spacial score (nSPS) is 18.2. The molecule has 3 aromatic carbocycles. The molecule has 0 heterocycles. The molecule has 0 aliphatic heterocycles. The number of phenols is 1. The molecular formula is C39H53FN2O6Si. The summed E-state index contributed by atoms with van der Waals surface area (Å²) < 4.78 is 27.5. The summed E-state index contributed by atoms with van der Waals surface area (Å²) in [5.74, 6) is -1.30. The standard InChI is InChI=1S/C39H53FN2O6Si/c1-38(2,3)47-37(46)41-32(22-25-13-10-9-11-14-25)34(48-49(7,8)39(4,5)6)23-27(21-26-17-19-28(43)20-18-26)36(45)42-35-29-15-12-16-31(40)30(29)24-33(35)44/h9-20,27,32-35,43-44H,21-24H2,1-8H3,(H,41,46)(H,42,45)/t27-,32+,33-,34+,35+/m1/s1. The van der Waals surface area contributed by atoms with Gasteiger partial charge in [0.2, 0.25) is 5.91 Å². The van der Waals surface area contributed by atoms with Crippen molar-refractivity contribution in [1.29, 1.82) is 0 Å². The molecule has 10 heteroatoms. The zero-order valence-corrected chi connectivity index (χ0v) is 31.0. The molecule has 49 heavy (non-hydrogen) atoms. The number of aliphatic hydroxyl groups is 1. The monoisotopic (exact) mass is 692 g/mol. The Morgan fingerprint density at radius 3 is 2.16 bits per heavy atom. The second-order valence-corrected chi connectivity index (χ2v) is 20.5. The first-order valence-electron chi connectivity index (χ1n) is 17.1. The van der Waals surface area contributed by atoms with Crippen molar-refractivity contribution in [2.45, 2.75) is 115 Å². The molecule has 0 spiro atoms. The summed E-state index contributed by atoms with van der Waals surface area (Å²) in [5.41, 5.74) is 2.05. The van der Waals surface area contributed by atoms with Gasteiger partial charge in [-0.15, -0.1) is 0 Å². The molecule has 0 radical (unpaired) electrons. The van der Waals surface area contributed by atoms with Crippen molar-refractivity contribution in [1.82, 2.24) is 10.6 Å². The van der Waals surface area contributed by atoms with Gasteiger partial charge >= 0.3 is 6.09 Å². The lowest BCUT2D eigenvalue weighted by atomic mass is 9.88. The number of carbonyl (C=O) groups excluding carboxylic acids is 2. The number of aliphatic hydroxyl groups excluding tert-OH is 1. The zero-order chi connectivity index (χ0) is 36.1. The van der Waals surface area contributed by atoms with E-state index < -0.39 is 56.0 Å². The fraction of sp³-hybridized carbons (Fsp3) is 0.487. The second kappa shape index (κ2) is 15.4. The van der Waals surface area contributed by atoms with E-state index in [4.69, 9.17) is 9.16 Å². The quantitative estimate of drug-likeness (QED) is 0.147. The topological polar surface area (TPSA) is 117 Å². The molecule has 5 atom stereocenters. The second-order valence-electron chi connectivity index (χ2n) is 15.7. The largest absolute Gasteiger partial charge is 0.508 e. The fourth-order valence-electron chi connectivity index (χ4n) is 5.99. The molecule has 0 unspecified atom stereocenters. The molecule has 1 aliphatic carbocycles. The maximum absolute atomic E-state index is 14.7. The lowest BCUT2D eigenvalue weighted by Gasteiger charge is -2.42. The van der Waals surface area contributed by atoms with Crippen molar-refractivity contribution in [3.63, 3.8) is 0 Å². The third kappa shape index (κ3) is 10.4. The molecule has 0 bridgehead atoms. The highest BCUT2D eigenvalue weighted by Gasteiger charge is 2.43. The summed E-state index contributed by atoms with van der Waals surface area (Å²) >= 11 is 0. The van der Waals surface area contributed by atoms with E-state index in [1.165, 1.54) is 6.07 Å². The molecule has 3 aromatic rings. The van der Waals surface area contributed by atoms with Gasteiger partial charge in [-0.2, -0.15) is 0 Å². The maximum atomic E-state index is 14.7. The van der Waals surface area contributed by atoms with Gasteiger partial charge < -0.3 is 30.0 Å². The van der Waals surface area contributed by atoms with Gasteiger partial charge in [-0.3, -0.25) is 4.79 Å². The number of carbonyl (C=O) groups is 2. The van der Waals surface area contributed by atoms with Crippen LogP contribution in [0.5, 0.6) is 5.75 Å². The van der Waals surface area contributed by atoms with Gasteiger partial charge in [-0.1, -0.05) is 75.4 Å². The summed E-state index contributed by atoms with van der Waals surface area (Å²) in [6.45, 7) is 16.1. The minimum Gasteiger partial charge on any atom is -0.508 e. The molecule has 0 saturated carbocycles. The third-order valence-corrected chi connectivity index (χ3v) is 14.1. The van der Waals surface area contributed by atoms with Crippen LogP contribution in [-0.2, 0) is 33.2 Å². The minimum absolute atomic E-state index is 0.103. The third-order valence-electron chi connectivity index (χ3n) is 9.59. The first kappa shape index (κ1) is 38.1. The summed E-state index contributed by atoms with van der Waals surface area (Å²) in [4.78, 5) is 27.7. The number of benzene rings is 3. The Kier molecular flexibility index (Phi) is 12.0. The van der Waals surface area contributed by atoms with E-state index in [1.807, 2.05) is 51.1 Å². The highest BCUT2D eigenvalue weighted by Crippen LogP contribution is 2.39. The minimum atomic E-state index is -2.49. The van der Waals surface area contributed by atoms with Crippen LogP contribution in [0.25, 0.3) is 0 Å². The number of fused-ring (bicyclic) bond motifs is 1. The lowest BCUT2D eigenvalue weighted by Crippen LogP contribution is -2.54. The number of nitrogens with one attached hydrogen (secondary N) is 2. The van der Waals surface area contributed by atoms with Gasteiger partial charge in [0, 0.05) is 12.3 Å². The van der Waals surface area contributed by atoms with E-state index in [0.29, 0.717) is 24.0 Å². The smallest absolute Gasteiger partial charge is 0.407 e. The fourth-order valence-corrected chi connectivity index (χ4v) is 7.36. The lowest BCUT2D eigenvalue weighted by molar-refractivity contribution is -0.127. The molecule has 0 aromatic heterocycles. The van der Waals surface area contributed by atoms with E-state index in [2.05, 4.69) is 44.5 Å². The highest BCUT2D eigenvalue weighted by molar-refractivity contribution is 6.74. The van der Waals surface area contributed by atoms with E-state index in [-0.39, 0.29) is 29.5 Å². The predicted molar refractivity (Wildman–Crippen MR) is 192 cm³/mol. The van der Waals surface area contributed by atoms with Crippen molar-refractivity contribution >= 4 is 20.3 Å². The molecule has 0 saturated heterocycles. The van der Waals surface area contributed by atoms with Crippen LogP contribution in [0.3, 0.4) is 0 Å². The van der Waals surface area contributed by atoms with Crippen molar-refractivity contribution in [3.05, 3.63) is 101 Å². The van der Waals surface area contributed by atoms with Gasteiger partial charge in [0.05, 0.1) is 24.3 Å². The zero-order valence-electron chi connectivity index (χ0n) is 30.0. The van der Waals surface area contributed by atoms with Gasteiger partial charge in [0.15, 0.2) is 8.32 Å². The SMILES string of the molecule is CC(C)(C)OC(=O)N[C@@H](Cc1ccccc1)[C@H](C[C@@H](Cc1ccc(O)cc1)C(=O)N[C@H]1c2cccc(F)c2C[C@H]1O)O[Si](C)(C)C(C)(C)C. The highest BCUT2D eigenvalue weighted by atomic mass is 28.4. The molecule has 4 N–H and O–H groups in total. The van der Waals surface area contributed by atoms with Crippen molar-refractivity contribution < 1.29 is 33.4 Å². The molecule has 4 rings (SSSR count). The Balaban J connectivity index is 1.75. The predicted octanol–water partition coefficient (Wildman–Crippen LogP) is 7.38. The summed E-state index contributed by atoms with van der Waals surface area (Å²) in [6, 6.07) is 19.8. The van der Waals surface area contributed by atoms with Crippen molar-refractivity contribution in [2.75, 3.05) is 0 Å². The van der Waals surface area contributed by atoms with Crippen LogP contribution >= 0.6 is 0 Å². The molecule has 8 nitrogen and oxygen atoms in total. The molecule has 2 amide bonds. The molecular weight excluding hydrogens is 640 g/mol. The number of aromatic hydroxyl groups is 1. The van der Waals surface area contributed by atoms with Crippen LogP contribution in [0, 0.1) is 11.7 Å². The number of alkyl carbamates (subject to hydrolysis) is 1.